The monoisotopic (exact) mass is 248 g/mol. The summed E-state index contributed by atoms with van der Waals surface area (Å²) < 4.78 is 11.0. The molecular formula is C14H16O4. The average molecular weight is 248 g/mol. The van der Waals surface area contributed by atoms with Crippen molar-refractivity contribution in [2.24, 2.45) is 0 Å². The van der Waals surface area contributed by atoms with Crippen molar-refractivity contribution in [3.8, 4) is 11.5 Å². The van der Waals surface area contributed by atoms with Crippen LogP contribution in [0.5, 0.6) is 11.5 Å². The van der Waals surface area contributed by atoms with E-state index in [9.17, 15) is 9.90 Å². The highest BCUT2D eigenvalue weighted by Gasteiger charge is 2.46. The summed E-state index contributed by atoms with van der Waals surface area (Å²) in [6.07, 6.45) is 3.27. The number of aryl methyl sites for hydroxylation is 1. The van der Waals surface area contributed by atoms with Crippen LogP contribution >= 0.6 is 0 Å². The van der Waals surface area contributed by atoms with Gasteiger partial charge in [0.1, 0.15) is 0 Å². The summed E-state index contributed by atoms with van der Waals surface area (Å²) in [5.74, 6) is 0.598. The van der Waals surface area contributed by atoms with Crippen molar-refractivity contribution in [2.45, 2.75) is 38.0 Å². The quantitative estimate of drug-likeness (QED) is 0.874. The van der Waals surface area contributed by atoms with Crippen LogP contribution < -0.4 is 9.47 Å². The summed E-state index contributed by atoms with van der Waals surface area (Å²) in [5, 5.41) is 9.62. The van der Waals surface area contributed by atoms with Gasteiger partial charge in [-0.15, -0.1) is 0 Å². The fraction of sp³-hybridized carbons (Fsp3) is 0.500. The predicted molar refractivity (Wildman–Crippen MR) is 65.1 cm³/mol. The molecule has 1 N–H and O–H groups in total. The number of ether oxygens (including phenoxy) is 2. The lowest BCUT2D eigenvalue weighted by Crippen LogP contribution is -2.32. The van der Waals surface area contributed by atoms with E-state index < -0.39 is 11.4 Å². The minimum Gasteiger partial charge on any atom is -0.481 e. The smallest absolute Gasteiger partial charge is 0.314 e. The Labute approximate surface area is 106 Å². The third-order valence-electron chi connectivity index (χ3n) is 4.10. The Morgan fingerprint density at radius 2 is 1.89 bits per heavy atom. The van der Waals surface area contributed by atoms with E-state index in [-0.39, 0.29) is 6.79 Å². The normalized spacial score (nSPS) is 20.1. The van der Waals surface area contributed by atoms with Gasteiger partial charge in [0, 0.05) is 5.56 Å². The maximum Gasteiger partial charge on any atom is 0.314 e. The second-order valence-corrected chi connectivity index (χ2v) is 5.09. The highest BCUT2D eigenvalue weighted by atomic mass is 16.7. The molecule has 0 atom stereocenters. The fourth-order valence-electron chi connectivity index (χ4n) is 3.08. The molecule has 0 spiro atoms. The van der Waals surface area contributed by atoms with Crippen molar-refractivity contribution in [2.75, 3.05) is 6.79 Å². The van der Waals surface area contributed by atoms with E-state index in [0.717, 1.165) is 24.0 Å². The van der Waals surface area contributed by atoms with Crippen LogP contribution in [0.2, 0.25) is 0 Å². The number of fused-ring (bicyclic) bond motifs is 1. The average Bonchev–Trinajstić information content (AvgIpc) is 2.98. The van der Waals surface area contributed by atoms with E-state index in [4.69, 9.17) is 9.47 Å². The molecule has 0 bridgehead atoms. The maximum absolute atomic E-state index is 11.7. The third kappa shape index (κ3) is 1.41. The summed E-state index contributed by atoms with van der Waals surface area (Å²) in [5.41, 5.74) is 0.987. The van der Waals surface area contributed by atoms with Crippen molar-refractivity contribution in [1.29, 1.82) is 0 Å². The van der Waals surface area contributed by atoms with E-state index in [1.807, 2.05) is 19.1 Å². The van der Waals surface area contributed by atoms with Gasteiger partial charge in [-0.25, -0.2) is 0 Å². The zero-order valence-electron chi connectivity index (χ0n) is 10.4. The summed E-state index contributed by atoms with van der Waals surface area (Å²) in [6, 6.07) is 3.81. The molecule has 1 heterocycles. The van der Waals surface area contributed by atoms with Crippen LogP contribution in [-0.2, 0) is 10.2 Å². The standard InChI is InChI=1S/C14H16O4/c1-9-4-5-10(12-11(9)17-8-18-12)14(13(15)16)6-2-3-7-14/h4-5H,2-3,6-8H2,1H3,(H,15,16). The highest BCUT2D eigenvalue weighted by molar-refractivity contribution is 5.83. The maximum atomic E-state index is 11.7. The molecule has 0 aromatic heterocycles. The molecule has 1 fully saturated rings. The first kappa shape index (κ1) is 11.4. The predicted octanol–water partition coefficient (Wildman–Crippen LogP) is 2.62. The Kier molecular flexibility index (Phi) is 2.47. The lowest BCUT2D eigenvalue weighted by Gasteiger charge is -2.25. The number of carboxylic acids is 1. The number of hydrogen-bond donors (Lipinski definition) is 1. The molecule has 4 heteroatoms. The molecule has 1 saturated carbocycles. The number of rotatable bonds is 2. The first-order chi connectivity index (χ1) is 8.65. The van der Waals surface area contributed by atoms with Gasteiger partial charge in [0.15, 0.2) is 11.5 Å². The molecule has 1 aliphatic carbocycles. The van der Waals surface area contributed by atoms with E-state index in [2.05, 4.69) is 0 Å². The molecule has 2 aliphatic rings. The van der Waals surface area contributed by atoms with Gasteiger partial charge in [0.05, 0.1) is 5.41 Å². The van der Waals surface area contributed by atoms with Gasteiger partial charge >= 0.3 is 5.97 Å². The van der Waals surface area contributed by atoms with Crippen molar-refractivity contribution in [3.05, 3.63) is 23.3 Å². The van der Waals surface area contributed by atoms with Crippen LogP contribution in [0.25, 0.3) is 0 Å². The van der Waals surface area contributed by atoms with Crippen LogP contribution in [-0.4, -0.2) is 17.9 Å². The fourth-order valence-corrected chi connectivity index (χ4v) is 3.08. The third-order valence-corrected chi connectivity index (χ3v) is 4.10. The molecule has 0 unspecified atom stereocenters. The summed E-state index contributed by atoms with van der Waals surface area (Å²) in [4.78, 5) is 11.7. The molecule has 18 heavy (non-hydrogen) atoms. The largest absolute Gasteiger partial charge is 0.481 e. The Morgan fingerprint density at radius 3 is 2.56 bits per heavy atom. The molecule has 0 radical (unpaired) electrons. The molecule has 0 amide bonds. The van der Waals surface area contributed by atoms with E-state index in [0.29, 0.717) is 24.3 Å². The number of benzene rings is 1. The Hall–Kier alpha value is -1.71. The number of hydrogen-bond acceptors (Lipinski definition) is 3. The second-order valence-electron chi connectivity index (χ2n) is 5.09. The first-order valence-corrected chi connectivity index (χ1v) is 6.28. The van der Waals surface area contributed by atoms with Crippen molar-refractivity contribution < 1.29 is 19.4 Å². The van der Waals surface area contributed by atoms with Gasteiger partial charge in [-0.05, 0) is 25.3 Å². The van der Waals surface area contributed by atoms with Crippen LogP contribution in [0.4, 0.5) is 0 Å². The molecule has 3 rings (SSSR count). The molecule has 1 aromatic rings. The second kappa shape index (κ2) is 3.90. The summed E-state index contributed by atoms with van der Waals surface area (Å²) in [6.45, 7) is 2.13. The topological polar surface area (TPSA) is 55.8 Å². The van der Waals surface area contributed by atoms with Gasteiger partial charge in [-0.3, -0.25) is 4.79 Å². The molecule has 4 nitrogen and oxygen atoms in total. The van der Waals surface area contributed by atoms with Crippen molar-refractivity contribution in [3.63, 3.8) is 0 Å². The van der Waals surface area contributed by atoms with Crippen molar-refractivity contribution >= 4 is 5.97 Å². The van der Waals surface area contributed by atoms with Crippen molar-refractivity contribution in [1.82, 2.24) is 0 Å². The van der Waals surface area contributed by atoms with E-state index in [1.165, 1.54) is 0 Å². The zero-order valence-corrected chi connectivity index (χ0v) is 10.4. The number of carboxylic acid groups (broad SMARTS) is 1. The lowest BCUT2D eigenvalue weighted by atomic mass is 9.78. The number of aliphatic carboxylic acids is 1. The molecule has 0 saturated heterocycles. The zero-order chi connectivity index (χ0) is 12.8. The Balaban J connectivity index is 2.17. The first-order valence-electron chi connectivity index (χ1n) is 6.28. The van der Waals surface area contributed by atoms with Gasteiger partial charge in [0.25, 0.3) is 0 Å². The summed E-state index contributed by atoms with van der Waals surface area (Å²) in [7, 11) is 0. The van der Waals surface area contributed by atoms with E-state index in [1.54, 1.807) is 0 Å². The van der Waals surface area contributed by atoms with Gasteiger partial charge in [-0.1, -0.05) is 25.0 Å². The Bertz CT molecular complexity index is 501. The van der Waals surface area contributed by atoms with Crippen LogP contribution in [0.3, 0.4) is 0 Å². The van der Waals surface area contributed by atoms with Crippen LogP contribution in [0, 0.1) is 6.92 Å². The Morgan fingerprint density at radius 1 is 1.22 bits per heavy atom. The van der Waals surface area contributed by atoms with E-state index >= 15 is 0 Å². The van der Waals surface area contributed by atoms with Crippen LogP contribution in [0.15, 0.2) is 12.1 Å². The van der Waals surface area contributed by atoms with Gasteiger partial charge in [-0.2, -0.15) is 0 Å². The minimum atomic E-state index is -0.786. The van der Waals surface area contributed by atoms with Crippen LogP contribution in [0.1, 0.15) is 36.8 Å². The van der Waals surface area contributed by atoms with Gasteiger partial charge in [0.2, 0.25) is 6.79 Å². The number of carbonyl (C=O) groups is 1. The molecule has 1 aliphatic heterocycles. The van der Waals surface area contributed by atoms with Gasteiger partial charge < -0.3 is 14.6 Å². The highest BCUT2D eigenvalue weighted by Crippen LogP contribution is 2.50. The summed E-state index contributed by atoms with van der Waals surface area (Å²) >= 11 is 0. The lowest BCUT2D eigenvalue weighted by molar-refractivity contribution is -0.143. The SMILES string of the molecule is Cc1ccc(C2(C(=O)O)CCCC2)c2c1OCO2. The minimum absolute atomic E-state index is 0.183. The molecular weight excluding hydrogens is 232 g/mol. The molecule has 1 aromatic carbocycles. The molecule has 96 valence electrons.